The Morgan fingerprint density at radius 1 is 1.31 bits per heavy atom. The van der Waals surface area contributed by atoms with Gasteiger partial charge in [0, 0.05) is 31.7 Å². The lowest BCUT2D eigenvalue weighted by Gasteiger charge is -2.38. The van der Waals surface area contributed by atoms with E-state index >= 15 is 0 Å². The highest BCUT2D eigenvalue weighted by atomic mass is 15.2. The lowest BCUT2D eigenvalue weighted by molar-refractivity contribution is 0.131. The standard InChI is InChI=1S/C14H22N2/c1-3-14-11-16(12(2)9-15-14)10-13-7-5-4-6-8-13/h4-8,12,14-15H,3,9-11H2,1-2H3/t12-,14-/m1/s1. The molecule has 1 aliphatic heterocycles. The van der Waals surface area contributed by atoms with Crippen LogP contribution in [0.4, 0.5) is 0 Å². The Bertz CT molecular complexity index is 310. The lowest BCUT2D eigenvalue weighted by Crippen LogP contribution is -2.54. The Hall–Kier alpha value is -0.860. The van der Waals surface area contributed by atoms with Gasteiger partial charge in [0.25, 0.3) is 0 Å². The number of hydrogen-bond donors (Lipinski definition) is 1. The summed E-state index contributed by atoms with van der Waals surface area (Å²) in [6.45, 7) is 7.94. The van der Waals surface area contributed by atoms with E-state index < -0.39 is 0 Å². The normalized spacial score (nSPS) is 26.9. The zero-order valence-corrected chi connectivity index (χ0v) is 10.3. The summed E-state index contributed by atoms with van der Waals surface area (Å²) in [6, 6.07) is 12.1. The summed E-state index contributed by atoms with van der Waals surface area (Å²) in [5.74, 6) is 0. The van der Waals surface area contributed by atoms with E-state index in [1.54, 1.807) is 0 Å². The first-order chi connectivity index (χ1) is 7.79. The molecule has 2 atom stereocenters. The van der Waals surface area contributed by atoms with Gasteiger partial charge in [0.05, 0.1) is 0 Å². The highest BCUT2D eigenvalue weighted by Crippen LogP contribution is 2.13. The first kappa shape index (κ1) is 11.6. The van der Waals surface area contributed by atoms with E-state index in [2.05, 4.69) is 54.4 Å². The number of rotatable bonds is 3. The van der Waals surface area contributed by atoms with Crippen molar-refractivity contribution >= 4 is 0 Å². The first-order valence-corrected chi connectivity index (χ1v) is 6.31. The predicted molar refractivity (Wildman–Crippen MR) is 68.4 cm³/mol. The van der Waals surface area contributed by atoms with Crippen LogP contribution in [0.25, 0.3) is 0 Å². The fraction of sp³-hybridized carbons (Fsp3) is 0.571. The largest absolute Gasteiger partial charge is 0.311 e. The van der Waals surface area contributed by atoms with Crippen molar-refractivity contribution in [2.75, 3.05) is 13.1 Å². The Kier molecular flexibility index (Phi) is 3.97. The van der Waals surface area contributed by atoms with E-state index in [4.69, 9.17) is 0 Å². The number of benzene rings is 1. The second-order valence-corrected chi connectivity index (χ2v) is 4.78. The second kappa shape index (κ2) is 5.46. The maximum absolute atomic E-state index is 3.59. The number of nitrogens with zero attached hydrogens (tertiary/aromatic N) is 1. The minimum Gasteiger partial charge on any atom is -0.311 e. The maximum Gasteiger partial charge on any atom is 0.0237 e. The van der Waals surface area contributed by atoms with Crippen molar-refractivity contribution in [1.29, 1.82) is 0 Å². The molecule has 2 heteroatoms. The summed E-state index contributed by atoms with van der Waals surface area (Å²) < 4.78 is 0. The third-order valence-electron chi connectivity index (χ3n) is 3.50. The average molecular weight is 218 g/mol. The second-order valence-electron chi connectivity index (χ2n) is 4.78. The van der Waals surface area contributed by atoms with Crippen LogP contribution in [-0.4, -0.2) is 30.1 Å². The molecule has 0 radical (unpaired) electrons. The molecule has 0 aromatic heterocycles. The van der Waals surface area contributed by atoms with Gasteiger partial charge in [-0.2, -0.15) is 0 Å². The van der Waals surface area contributed by atoms with E-state index in [1.807, 2.05) is 0 Å². The third kappa shape index (κ3) is 2.83. The fourth-order valence-corrected chi connectivity index (χ4v) is 2.31. The molecule has 0 spiro atoms. The molecule has 88 valence electrons. The molecule has 0 amide bonds. The van der Waals surface area contributed by atoms with Crippen LogP contribution < -0.4 is 5.32 Å². The molecule has 16 heavy (non-hydrogen) atoms. The zero-order valence-electron chi connectivity index (χ0n) is 10.3. The first-order valence-electron chi connectivity index (χ1n) is 6.31. The van der Waals surface area contributed by atoms with Crippen molar-refractivity contribution in [2.24, 2.45) is 0 Å². The Balaban J connectivity index is 1.97. The molecule has 1 aliphatic rings. The summed E-state index contributed by atoms with van der Waals surface area (Å²) >= 11 is 0. The van der Waals surface area contributed by atoms with Gasteiger partial charge in [-0.15, -0.1) is 0 Å². The Labute approximate surface area is 98.7 Å². The SMILES string of the molecule is CC[C@@H]1CN(Cc2ccccc2)[C@H](C)CN1. The molecular formula is C14H22N2. The van der Waals surface area contributed by atoms with Crippen LogP contribution in [0.5, 0.6) is 0 Å². The molecule has 0 aliphatic carbocycles. The minimum absolute atomic E-state index is 0.642. The number of piperazine rings is 1. The van der Waals surface area contributed by atoms with Crippen LogP contribution in [-0.2, 0) is 6.54 Å². The Morgan fingerprint density at radius 2 is 2.06 bits per heavy atom. The van der Waals surface area contributed by atoms with Crippen molar-refractivity contribution in [2.45, 2.75) is 38.9 Å². The van der Waals surface area contributed by atoms with E-state index in [0.717, 1.165) is 13.1 Å². The lowest BCUT2D eigenvalue weighted by atomic mass is 10.1. The molecule has 1 saturated heterocycles. The maximum atomic E-state index is 3.59. The van der Waals surface area contributed by atoms with Crippen LogP contribution in [0, 0.1) is 0 Å². The molecule has 1 aromatic rings. The van der Waals surface area contributed by atoms with Gasteiger partial charge < -0.3 is 5.32 Å². The van der Waals surface area contributed by atoms with Gasteiger partial charge >= 0.3 is 0 Å². The van der Waals surface area contributed by atoms with Gasteiger partial charge in [-0.25, -0.2) is 0 Å². The molecule has 1 N–H and O–H groups in total. The van der Waals surface area contributed by atoms with Crippen LogP contribution in [0.3, 0.4) is 0 Å². The number of nitrogens with one attached hydrogen (secondary N) is 1. The van der Waals surface area contributed by atoms with Crippen molar-refractivity contribution in [3.63, 3.8) is 0 Å². The third-order valence-corrected chi connectivity index (χ3v) is 3.50. The smallest absolute Gasteiger partial charge is 0.0237 e. The van der Waals surface area contributed by atoms with Crippen LogP contribution >= 0.6 is 0 Å². The summed E-state index contributed by atoms with van der Waals surface area (Å²) in [5.41, 5.74) is 1.42. The highest BCUT2D eigenvalue weighted by molar-refractivity contribution is 5.14. The van der Waals surface area contributed by atoms with Crippen LogP contribution in [0.15, 0.2) is 30.3 Å². The van der Waals surface area contributed by atoms with Gasteiger partial charge in [-0.05, 0) is 18.9 Å². The van der Waals surface area contributed by atoms with E-state index in [1.165, 1.54) is 18.5 Å². The Morgan fingerprint density at radius 3 is 2.75 bits per heavy atom. The van der Waals surface area contributed by atoms with Crippen molar-refractivity contribution < 1.29 is 0 Å². The highest BCUT2D eigenvalue weighted by Gasteiger charge is 2.23. The minimum atomic E-state index is 0.642. The van der Waals surface area contributed by atoms with Gasteiger partial charge in [0.2, 0.25) is 0 Å². The molecule has 1 heterocycles. The molecule has 1 fully saturated rings. The molecule has 1 aromatic carbocycles. The van der Waals surface area contributed by atoms with Crippen molar-refractivity contribution in [3.05, 3.63) is 35.9 Å². The van der Waals surface area contributed by atoms with E-state index in [-0.39, 0.29) is 0 Å². The molecular weight excluding hydrogens is 196 g/mol. The predicted octanol–water partition coefficient (Wildman–Crippen LogP) is 2.26. The quantitative estimate of drug-likeness (QED) is 0.837. The van der Waals surface area contributed by atoms with Gasteiger partial charge in [0.15, 0.2) is 0 Å². The monoisotopic (exact) mass is 218 g/mol. The summed E-state index contributed by atoms with van der Waals surface area (Å²) in [7, 11) is 0. The van der Waals surface area contributed by atoms with Gasteiger partial charge in [0.1, 0.15) is 0 Å². The van der Waals surface area contributed by atoms with Crippen LogP contribution in [0.2, 0.25) is 0 Å². The van der Waals surface area contributed by atoms with Crippen LogP contribution in [0.1, 0.15) is 25.8 Å². The van der Waals surface area contributed by atoms with Crippen molar-refractivity contribution in [3.8, 4) is 0 Å². The zero-order chi connectivity index (χ0) is 11.4. The van der Waals surface area contributed by atoms with Crippen molar-refractivity contribution in [1.82, 2.24) is 10.2 Å². The average Bonchev–Trinajstić information content (AvgIpc) is 2.33. The topological polar surface area (TPSA) is 15.3 Å². The van der Waals surface area contributed by atoms with E-state index in [9.17, 15) is 0 Å². The fourth-order valence-electron chi connectivity index (χ4n) is 2.31. The molecule has 0 unspecified atom stereocenters. The molecule has 0 bridgehead atoms. The van der Waals surface area contributed by atoms with Gasteiger partial charge in [-0.1, -0.05) is 37.3 Å². The summed E-state index contributed by atoms with van der Waals surface area (Å²) in [6.07, 6.45) is 1.22. The van der Waals surface area contributed by atoms with Gasteiger partial charge in [-0.3, -0.25) is 4.90 Å². The molecule has 2 nitrogen and oxygen atoms in total. The number of hydrogen-bond acceptors (Lipinski definition) is 2. The van der Waals surface area contributed by atoms with E-state index in [0.29, 0.717) is 12.1 Å². The molecule has 2 rings (SSSR count). The summed E-state index contributed by atoms with van der Waals surface area (Å²) in [5, 5.41) is 3.59. The molecule has 0 saturated carbocycles. The summed E-state index contributed by atoms with van der Waals surface area (Å²) in [4.78, 5) is 2.58.